The van der Waals surface area contributed by atoms with E-state index in [4.69, 9.17) is 9.47 Å². The molecule has 1 N–H and O–H groups in total. The lowest BCUT2D eigenvalue weighted by molar-refractivity contribution is -0.118. The molecule has 8 nitrogen and oxygen atoms in total. The zero-order chi connectivity index (χ0) is 22.2. The highest BCUT2D eigenvalue weighted by molar-refractivity contribution is 7.90. The molecule has 162 valence electrons. The van der Waals surface area contributed by atoms with Crippen molar-refractivity contribution in [2.24, 2.45) is 0 Å². The lowest BCUT2D eigenvalue weighted by atomic mass is 10.1. The van der Waals surface area contributed by atoms with Crippen LogP contribution in [0.1, 0.15) is 22.4 Å². The Kier molecular flexibility index (Phi) is 5.45. The fourth-order valence-corrected chi connectivity index (χ4v) is 5.07. The van der Waals surface area contributed by atoms with E-state index in [1.165, 1.54) is 0 Å². The molecule has 0 unspecified atom stereocenters. The van der Waals surface area contributed by atoms with Crippen LogP contribution in [-0.2, 0) is 26.1 Å². The first-order valence-corrected chi connectivity index (χ1v) is 11.5. The van der Waals surface area contributed by atoms with E-state index in [9.17, 15) is 13.2 Å². The van der Waals surface area contributed by atoms with Gasteiger partial charge in [0, 0.05) is 5.56 Å². The second-order valence-corrected chi connectivity index (χ2v) is 9.58. The standard InChI is InChI=1S/C22H23N3O5S/c1-14-4-9-20(15(2)10-14)25-22(18-12-31(27,28)13-19(18)24-25)23-21(26)11-30-17-7-5-16(29-3)6-8-17/h4-10H,11-13H2,1-3H3,(H,23,26). The van der Waals surface area contributed by atoms with E-state index in [1.54, 1.807) is 36.1 Å². The first kappa shape index (κ1) is 20.9. The predicted octanol–water partition coefficient (Wildman–Crippen LogP) is 2.94. The Morgan fingerprint density at radius 2 is 1.81 bits per heavy atom. The smallest absolute Gasteiger partial charge is 0.263 e. The van der Waals surface area contributed by atoms with E-state index in [-0.39, 0.29) is 18.1 Å². The lowest BCUT2D eigenvalue weighted by Crippen LogP contribution is -2.23. The van der Waals surface area contributed by atoms with Gasteiger partial charge in [0.15, 0.2) is 16.4 Å². The van der Waals surface area contributed by atoms with E-state index in [2.05, 4.69) is 10.4 Å². The quantitative estimate of drug-likeness (QED) is 0.631. The van der Waals surface area contributed by atoms with Crippen LogP contribution in [0.4, 0.5) is 5.82 Å². The van der Waals surface area contributed by atoms with Gasteiger partial charge in [-0.25, -0.2) is 13.1 Å². The van der Waals surface area contributed by atoms with Gasteiger partial charge in [0.2, 0.25) is 0 Å². The predicted molar refractivity (Wildman–Crippen MR) is 116 cm³/mol. The summed E-state index contributed by atoms with van der Waals surface area (Å²) in [6.07, 6.45) is 0. The van der Waals surface area contributed by atoms with Crippen LogP contribution in [0.3, 0.4) is 0 Å². The number of rotatable bonds is 6. The molecule has 3 aromatic rings. The second-order valence-electron chi connectivity index (χ2n) is 7.52. The number of methoxy groups -OCH3 is 1. The number of carbonyl (C=O) groups is 1. The zero-order valence-electron chi connectivity index (χ0n) is 17.5. The summed E-state index contributed by atoms with van der Waals surface area (Å²) < 4.78 is 36.5. The van der Waals surface area contributed by atoms with Gasteiger partial charge < -0.3 is 14.8 Å². The van der Waals surface area contributed by atoms with Crippen LogP contribution in [0.25, 0.3) is 5.69 Å². The Morgan fingerprint density at radius 1 is 1.10 bits per heavy atom. The fourth-order valence-electron chi connectivity index (χ4n) is 3.58. The minimum Gasteiger partial charge on any atom is -0.497 e. The van der Waals surface area contributed by atoms with Crippen molar-refractivity contribution in [3.63, 3.8) is 0 Å². The number of fused-ring (bicyclic) bond motifs is 1. The molecule has 1 amide bonds. The minimum atomic E-state index is -3.27. The Labute approximate surface area is 180 Å². The van der Waals surface area contributed by atoms with E-state index in [0.717, 1.165) is 16.8 Å². The van der Waals surface area contributed by atoms with Crippen LogP contribution in [0.15, 0.2) is 42.5 Å². The molecule has 0 saturated carbocycles. The molecule has 0 atom stereocenters. The number of anilines is 1. The summed E-state index contributed by atoms with van der Waals surface area (Å²) in [4.78, 5) is 12.6. The highest BCUT2D eigenvalue weighted by Gasteiger charge is 2.33. The monoisotopic (exact) mass is 441 g/mol. The summed E-state index contributed by atoms with van der Waals surface area (Å²) in [6, 6.07) is 12.7. The summed E-state index contributed by atoms with van der Waals surface area (Å²) in [6.45, 7) is 3.71. The van der Waals surface area contributed by atoms with E-state index >= 15 is 0 Å². The molecule has 9 heteroatoms. The molecule has 0 spiro atoms. The van der Waals surface area contributed by atoms with Crippen molar-refractivity contribution in [2.75, 3.05) is 19.0 Å². The number of sulfone groups is 1. The summed E-state index contributed by atoms with van der Waals surface area (Å²) in [5.74, 6) is 0.881. The molecule has 0 saturated heterocycles. The molecule has 2 aromatic carbocycles. The van der Waals surface area contributed by atoms with Gasteiger partial charge in [-0.2, -0.15) is 5.10 Å². The number of nitrogens with zero attached hydrogens (tertiary/aromatic N) is 2. The average Bonchev–Trinajstić information content (AvgIpc) is 3.19. The van der Waals surface area contributed by atoms with Gasteiger partial charge in [-0.15, -0.1) is 0 Å². The molecule has 2 heterocycles. The molecule has 1 aliphatic heterocycles. The third-order valence-corrected chi connectivity index (χ3v) is 6.50. The lowest BCUT2D eigenvalue weighted by Gasteiger charge is -2.14. The van der Waals surface area contributed by atoms with Gasteiger partial charge in [0.05, 0.1) is 30.0 Å². The van der Waals surface area contributed by atoms with Gasteiger partial charge in [-0.05, 0) is 49.7 Å². The number of hydrogen-bond acceptors (Lipinski definition) is 6. The van der Waals surface area contributed by atoms with Crippen LogP contribution in [0.2, 0.25) is 0 Å². The number of amides is 1. The molecular weight excluding hydrogens is 418 g/mol. The summed E-state index contributed by atoms with van der Waals surface area (Å²) in [5.41, 5.74) is 3.84. The second kappa shape index (κ2) is 8.07. The summed E-state index contributed by atoms with van der Waals surface area (Å²) in [7, 11) is -1.70. The number of carbonyl (C=O) groups excluding carboxylic acids is 1. The van der Waals surface area contributed by atoms with Gasteiger partial charge in [-0.1, -0.05) is 17.7 Å². The first-order valence-electron chi connectivity index (χ1n) is 9.71. The van der Waals surface area contributed by atoms with Gasteiger partial charge in [0.1, 0.15) is 17.3 Å². The first-order chi connectivity index (χ1) is 14.8. The Hall–Kier alpha value is -3.33. The van der Waals surface area contributed by atoms with Crippen molar-refractivity contribution in [2.45, 2.75) is 25.4 Å². The normalized spacial score (nSPS) is 14.2. The van der Waals surface area contributed by atoms with E-state index in [0.29, 0.717) is 28.6 Å². The Balaban J connectivity index is 1.59. The largest absolute Gasteiger partial charge is 0.497 e. The fraction of sp³-hybridized carbons (Fsp3) is 0.273. The van der Waals surface area contributed by atoms with Crippen molar-refractivity contribution in [1.29, 1.82) is 0 Å². The third-order valence-electron chi connectivity index (χ3n) is 5.06. The maximum Gasteiger partial charge on any atom is 0.263 e. The topological polar surface area (TPSA) is 99.5 Å². The Bertz CT molecular complexity index is 1250. The molecule has 31 heavy (non-hydrogen) atoms. The molecule has 0 fully saturated rings. The summed E-state index contributed by atoms with van der Waals surface area (Å²) in [5, 5.41) is 7.31. The van der Waals surface area contributed by atoms with Crippen LogP contribution in [0, 0.1) is 13.8 Å². The average molecular weight is 442 g/mol. The highest BCUT2D eigenvalue weighted by atomic mass is 32.2. The molecule has 1 aliphatic rings. The number of ether oxygens (including phenoxy) is 2. The van der Waals surface area contributed by atoms with Crippen molar-refractivity contribution < 1.29 is 22.7 Å². The number of benzene rings is 2. The third kappa shape index (κ3) is 4.41. The number of hydrogen-bond donors (Lipinski definition) is 1. The van der Waals surface area contributed by atoms with Gasteiger partial charge in [-0.3, -0.25) is 4.79 Å². The molecule has 0 radical (unpaired) electrons. The van der Waals surface area contributed by atoms with Gasteiger partial charge >= 0.3 is 0 Å². The SMILES string of the molecule is COc1ccc(OCC(=O)Nc2c3c(nn2-c2ccc(C)cc2C)CS(=O)(=O)C3)cc1. The molecule has 0 aliphatic carbocycles. The van der Waals surface area contributed by atoms with Crippen LogP contribution in [-0.4, -0.2) is 37.8 Å². The van der Waals surface area contributed by atoms with E-state index in [1.807, 2.05) is 32.0 Å². The maximum absolute atomic E-state index is 12.6. The van der Waals surface area contributed by atoms with Crippen LogP contribution in [0.5, 0.6) is 11.5 Å². The summed E-state index contributed by atoms with van der Waals surface area (Å²) >= 11 is 0. The Morgan fingerprint density at radius 3 is 2.48 bits per heavy atom. The number of nitrogens with one attached hydrogen (secondary N) is 1. The molecular formula is C22H23N3O5S. The van der Waals surface area contributed by atoms with Crippen molar-refractivity contribution >= 4 is 21.6 Å². The van der Waals surface area contributed by atoms with Crippen molar-refractivity contribution in [3.8, 4) is 17.2 Å². The highest BCUT2D eigenvalue weighted by Crippen LogP contribution is 2.33. The number of aromatic nitrogens is 2. The van der Waals surface area contributed by atoms with Crippen molar-refractivity contribution in [3.05, 3.63) is 64.8 Å². The van der Waals surface area contributed by atoms with Crippen molar-refractivity contribution in [1.82, 2.24) is 9.78 Å². The molecule has 4 rings (SSSR count). The van der Waals surface area contributed by atoms with Crippen LogP contribution < -0.4 is 14.8 Å². The van der Waals surface area contributed by atoms with Crippen LogP contribution >= 0.6 is 0 Å². The number of aryl methyl sites for hydroxylation is 2. The van der Waals surface area contributed by atoms with Gasteiger partial charge in [0.25, 0.3) is 5.91 Å². The molecule has 0 bridgehead atoms. The molecule has 1 aromatic heterocycles. The zero-order valence-corrected chi connectivity index (χ0v) is 18.3. The maximum atomic E-state index is 12.6. The van der Waals surface area contributed by atoms with E-state index < -0.39 is 15.7 Å². The minimum absolute atomic E-state index is 0.133.